The zero-order valence-electron chi connectivity index (χ0n) is 25.2. The number of nitrogens with zero attached hydrogens (tertiary/aromatic N) is 1. The molecule has 0 saturated carbocycles. The third kappa shape index (κ3) is 5.84. The summed E-state index contributed by atoms with van der Waals surface area (Å²) >= 11 is 1.68. The van der Waals surface area contributed by atoms with Crippen LogP contribution in [0.3, 0.4) is 0 Å². The van der Waals surface area contributed by atoms with E-state index in [-0.39, 0.29) is 12.5 Å². The van der Waals surface area contributed by atoms with Gasteiger partial charge in [0, 0.05) is 30.3 Å². The molecule has 2 aliphatic rings. The Balaban J connectivity index is 1.47. The molecule has 4 aromatic rings. The molecule has 0 aliphatic carbocycles. The summed E-state index contributed by atoms with van der Waals surface area (Å²) < 4.78 is 14.2. The van der Waals surface area contributed by atoms with Crippen molar-refractivity contribution in [3.63, 3.8) is 0 Å². The number of fused-ring (bicyclic) bond motifs is 3. The Morgan fingerprint density at radius 1 is 1.00 bits per heavy atom. The molecular weight excluding hydrogens is 556 g/mol. The van der Waals surface area contributed by atoms with Crippen LogP contribution in [0, 0.1) is 20.8 Å². The van der Waals surface area contributed by atoms with E-state index in [1.54, 1.807) is 11.9 Å². The predicted molar refractivity (Wildman–Crippen MR) is 177 cm³/mol. The minimum Gasteiger partial charge on any atom is -0.488 e. The first-order valence-electron chi connectivity index (χ1n) is 14.8. The number of carbonyl (C=O) groups is 1. The Morgan fingerprint density at radius 3 is 2.47 bits per heavy atom. The smallest absolute Gasteiger partial charge is 0.307 e. The van der Waals surface area contributed by atoms with Crippen LogP contribution in [0.5, 0.6) is 5.75 Å². The molecule has 43 heavy (non-hydrogen) atoms. The van der Waals surface area contributed by atoms with Crippen molar-refractivity contribution in [1.29, 1.82) is 0 Å². The summed E-state index contributed by atoms with van der Waals surface area (Å²) in [5, 5.41) is 13.6. The Bertz CT molecular complexity index is 1660. The van der Waals surface area contributed by atoms with Gasteiger partial charge in [0.05, 0.1) is 37.6 Å². The predicted octanol–water partition coefficient (Wildman–Crippen LogP) is 8.47. The fourth-order valence-electron chi connectivity index (χ4n) is 6.39. The molecule has 2 aliphatic heterocycles. The second-order valence-corrected chi connectivity index (χ2v) is 12.2. The van der Waals surface area contributed by atoms with Crippen molar-refractivity contribution < 1.29 is 19.4 Å². The Morgan fingerprint density at radius 2 is 1.74 bits per heavy atom. The van der Waals surface area contributed by atoms with Crippen molar-refractivity contribution in [3.05, 3.63) is 94.5 Å². The average molecular weight is 595 g/mol. The van der Waals surface area contributed by atoms with Gasteiger partial charge in [0.1, 0.15) is 11.9 Å². The van der Waals surface area contributed by atoms with Gasteiger partial charge in [0.25, 0.3) is 0 Å². The van der Waals surface area contributed by atoms with E-state index >= 15 is 0 Å². The van der Waals surface area contributed by atoms with Crippen LogP contribution in [0.1, 0.15) is 40.7 Å². The molecule has 4 aromatic carbocycles. The number of ether oxygens (including phenoxy) is 2. The molecule has 6 rings (SSSR count). The number of benzene rings is 4. The van der Waals surface area contributed by atoms with Crippen molar-refractivity contribution in [3.8, 4) is 28.0 Å². The quantitative estimate of drug-likeness (QED) is 0.198. The van der Waals surface area contributed by atoms with Crippen LogP contribution in [0.2, 0.25) is 0 Å². The maximum absolute atomic E-state index is 12.1. The molecule has 1 saturated heterocycles. The standard InChI is InChI=1S/C36H38N2O4S/c1-22-9-11-25(12-10-22)34-24(3)35-30-19-27(37-31-7-5-6-8-32(31)42-28-15-17-41-18-16-28)14-13-26(30)21-38(43-4)36(35)23(2)29(34)20-33(39)40/h5-14,19,28,37H,15-18,20-21H2,1-4H3,(H,39,40). The van der Waals surface area contributed by atoms with Gasteiger partial charge in [-0.25, -0.2) is 0 Å². The Labute approximate surface area is 258 Å². The second-order valence-electron chi connectivity index (χ2n) is 11.4. The van der Waals surface area contributed by atoms with Gasteiger partial charge >= 0.3 is 5.97 Å². The highest BCUT2D eigenvalue weighted by molar-refractivity contribution is 7.99. The van der Waals surface area contributed by atoms with E-state index in [0.717, 1.165) is 88.8 Å². The molecule has 0 unspecified atom stereocenters. The third-order valence-electron chi connectivity index (χ3n) is 8.56. The fourth-order valence-corrected chi connectivity index (χ4v) is 7.07. The van der Waals surface area contributed by atoms with E-state index in [9.17, 15) is 9.90 Å². The number of nitrogens with one attached hydrogen (secondary N) is 1. The molecular formula is C36H38N2O4S. The molecule has 0 atom stereocenters. The molecule has 0 amide bonds. The van der Waals surface area contributed by atoms with Gasteiger partial charge in [0.15, 0.2) is 0 Å². The largest absolute Gasteiger partial charge is 0.488 e. The first kappa shape index (κ1) is 29.1. The normalized spacial score (nSPS) is 14.7. The highest BCUT2D eigenvalue weighted by Crippen LogP contribution is 2.51. The van der Waals surface area contributed by atoms with E-state index in [1.807, 2.05) is 18.2 Å². The number of para-hydroxylation sites is 2. The summed E-state index contributed by atoms with van der Waals surface area (Å²) in [5.41, 5.74) is 12.8. The molecule has 6 nitrogen and oxygen atoms in total. The van der Waals surface area contributed by atoms with Gasteiger partial charge in [-0.05, 0) is 84.0 Å². The summed E-state index contributed by atoms with van der Waals surface area (Å²) in [4.78, 5) is 12.1. The van der Waals surface area contributed by atoms with Crippen molar-refractivity contribution >= 4 is 35.0 Å². The lowest BCUT2D eigenvalue weighted by atomic mass is 9.81. The fraction of sp³-hybridized carbons (Fsp3) is 0.306. The van der Waals surface area contributed by atoms with Crippen molar-refractivity contribution in [1.82, 2.24) is 0 Å². The van der Waals surface area contributed by atoms with Gasteiger partial charge in [-0.1, -0.05) is 60.0 Å². The average Bonchev–Trinajstić information content (AvgIpc) is 3.01. The Hall–Kier alpha value is -3.94. The number of hydrogen-bond donors (Lipinski definition) is 2. The van der Waals surface area contributed by atoms with Crippen molar-refractivity contribution in [2.45, 2.75) is 52.7 Å². The minimum absolute atomic E-state index is 0.0241. The van der Waals surface area contributed by atoms with Crippen LogP contribution < -0.4 is 14.4 Å². The maximum atomic E-state index is 12.1. The maximum Gasteiger partial charge on any atom is 0.307 e. The summed E-state index contributed by atoms with van der Waals surface area (Å²) in [6, 6.07) is 23.1. The van der Waals surface area contributed by atoms with Crippen molar-refractivity contribution in [2.75, 3.05) is 29.1 Å². The van der Waals surface area contributed by atoms with Crippen LogP contribution in [0.4, 0.5) is 17.1 Å². The van der Waals surface area contributed by atoms with E-state index in [2.05, 4.69) is 85.2 Å². The number of anilines is 3. The number of aryl methyl sites for hydroxylation is 1. The molecule has 0 spiro atoms. The molecule has 7 heteroatoms. The Kier molecular flexibility index (Phi) is 8.37. The monoisotopic (exact) mass is 594 g/mol. The number of hydrogen-bond acceptors (Lipinski definition) is 6. The SMILES string of the molecule is CSN1Cc2ccc(Nc3ccccc3OC3CCOCC3)cc2-c2c(C)c(-c3ccc(C)cc3)c(CC(=O)O)c(C)c21. The van der Waals surface area contributed by atoms with E-state index < -0.39 is 5.97 Å². The summed E-state index contributed by atoms with van der Waals surface area (Å²) in [7, 11) is 0. The molecule has 1 fully saturated rings. The van der Waals surface area contributed by atoms with Gasteiger partial charge in [-0.3, -0.25) is 4.79 Å². The lowest BCUT2D eigenvalue weighted by Gasteiger charge is -2.36. The lowest BCUT2D eigenvalue weighted by Crippen LogP contribution is -2.26. The third-order valence-corrected chi connectivity index (χ3v) is 9.31. The first-order chi connectivity index (χ1) is 20.8. The van der Waals surface area contributed by atoms with Crippen LogP contribution in [-0.4, -0.2) is 36.6 Å². The molecule has 0 aromatic heterocycles. The zero-order valence-corrected chi connectivity index (χ0v) is 26.0. The molecule has 222 valence electrons. The van der Waals surface area contributed by atoms with Gasteiger partial charge in [-0.2, -0.15) is 0 Å². The number of carboxylic acid groups (broad SMARTS) is 1. The van der Waals surface area contributed by atoms with Crippen LogP contribution in [0.25, 0.3) is 22.3 Å². The highest BCUT2D eigenvalue weighted by Gasteiger charge is 2.30. The van der Waals surface area contributed by atoms with Crippen molar-refractivity contribution in [2.24, 2.45) is 0 Å². The number of aliphatic carboxylic acids is 1. The zero-order chi connectivity index (χ0) is 30.1. The van der Waals surface area contributed by atoms with Crippen LogP contribution >= 0.6 is 11.9 Å². The minimum atomic E-state index is -0.823. The number of carboxylic acids is 1. The summed E-state index contributed by atoms with van der Waals surface area (Å²) in [6.45, 7) is 8.49. The summed E-state index contributed by atoms with van der Waals surface area (Å²) in [5.74, 6) is 0.0175. The van der Waals surface area contributed by atoms with Crippen LogP contribution in [0.15, 0.2) is 66.7 Å². The van der Waals surface area contributed by atoms with E-state index in [0.29, 0.717) is 0 Å². The molecule has 0 radical (unpaired) electrons. The van der Waals surface area contributed by atoms with E-state index in [4.69, 9.17) is 9.47 Å². The lowest BCUT2D eigenvalue weighted by molar-refractivity contribution is -0.136. The van der Waals surface area contributed by atoms with Gasteiger partial charge < -0.3 is 24.2 Å². The summed E-state index contributed by atoms with van der Waals surface area (Å²) in [6.07, 6.45) is 3.99. The van der Waals surface area contributed by atoms with Crippen LogP contribution in [-0.2, 0) is 22.5 Å². The number of rotatable bonds is 8. The first-order valence-corrected chi connectivity index (χ1v) is 16.0. The van der Waals surface area contributed by atoms with Gasteiger partial charge in [0.2, 0.25) is 0 Å². The topological polar surface area (TPSA) is 71.0 Å². The van der Waals surface area contributed by atoms with E-state index in [1.165, 1.54) is 16.7 Å². The van der Waals surface area contributed by atoms with Gasteiger partial charge in [-0.15, -0.1) is 0 Å². The second kappa shape index (κ2) is 12.3. The molecule has 2 heterocycles. The highest BCUT2D eigenvalue weighted by atomic mass is 32.2. The molecule has 0 bridgehead atoms. The molecule has 2 N–H and O–H groups in total.